The first-order valence-corrected chi connectivity index (χ1v) is 16.4. The predicted octanol–water partition coefficient (Wildman–Crippen LogP) is 6.11. The minimum Gasteiger partial charge on any atom is -0.507 e. The standard InChI is InChI=1S/C37H30N8O3.C2H6/c38-21-25-3-1-4-26(19-25)31-11-12-32-36(41-31)45(35(42-32)30-5-2-14-40-34(30)39)29-9-6-24(7-10-29)22-43-15-17-44(18-16-43)37(48)27-8-13-33(47)28(20-27)23-46;1-2/h1-14,19-20,23,47H,15-18,22H2,(H2,39,40);1-2H3. The van der Waals surface area contributed by atoms with E-state index in [0.717, 1.165) is 22.5 Å². The van der Waals surface area contributed by atoms with Gasteiger partial charge in [-0.25, -0.2) is 15.0 Å². The number of nitrogens with zero attached hydrogens (tertiary/aromatic N) is 7. The fourth-order valence-electron chi connectivity index (χ4n) is 5.98. The van der Waals surface area contributed by atoms with Crippen LogP contribution in [0.2, 0.25) is 0 Å². The number of rotatable bonds is 7. The highest BCUT2D eigenvalue weighted by Gasteiger charge is 2.23. The van der Waals surface area contributed by atoms with Crippen LogP contribution in [0, 0.1) is 11.3 Å². The van der Waals surface area contributed by atoms with E-state index in [1.54, 1.807) is 23.2 Å². The molecule has 0 spiro atoms. The third-order valence-corrected chi connectivity index (χ3v) is 8.53. The average molecular weight is 665 g/mol. The number of phenolic OH excluding ortho intramolecular Hbond substituents is 1. The van der Waals surface area contributed by atoms with Gasteiger partial charge >= 0.3 is 0 Å². The van der Waals surface area contributed by atoms with E-state index in [2.05, 4.69) is 28.1 Å². The summed E-state index contributed by atoms with van der Waals surface area (Å²) >= 11 is 0. The van der Waals surface area contributed by atoms with Gasteiger partial charge in [0.1, 0.15) is 17.1 Å². The zero-order chi connectivity index (χ0) is 35.2. The lowest BCUT2D eigenvalue weighted by molar-refractivity contribution is 0.0628. The highest BCUT2D eigenvalue weighted by Crippen LogP contribution is 2.32. The number of benzene rings is 3. The molecule has 1 amide bonds. The summed E-state index contributed by atoms with van der Waals surface area (Å²) in [6, 6.07) is 29.6. The Morgan fingerprint density at radius 3 is 2.44 bits per heavy atom. The molecule has 250 valence electrons. The van der Waals surface area contributed by atoms with Crippen molar-refractivity contribution in [3.8, 4) is 40.2 Å². The number of aromatic nitrogens is 4. The lowest BCUT2D eigenvalue weighted by Crippen LogP contribution is -2.48. The molecule has 1 aliphatic heterocycles. The number of aromatic hydroxyl groups is 1. The van der Waals surface area contributed by atoms with Gasteiger partial charge in [0.15, 0.2) is 17.8 Å². The predicted molar refractivity (Wildman–Crippen MR) is 193 cm³/mol. The van der Waals surface area contributed by atoms with Gasteiger partial charge in [0, 0.05) is 55.7 Å². The number of fused-ring (bicyclic) bond motifs is 1. The third-order valence-electron chi connectivity index (χ3n) is 8.53. The monoisotopic (exact) mass is 664 g/mol. The zero-order valence-electron chi connectivity index (χ0n) is 27.8. The Labute approximate surface area is 289 Å². The van der Waals surface area contributed by atoms with Crippen molar-refractivity contribution in [2.24, 2.45) is 0 Å². The molecule has 0 unspecified atom stereocenters. The number of amides is 1. The number of phenols is 1. The van der Waals surface area contributed by atoms with Crippen LogP contribution in [0.25, 0.3) is 39.5 Å². The molecule has 0 atom stereocenters. The van der Waals surface area contributed by atoms with Gasteiger partial charge in [-0.05, 0) is 72.3 Å². The number of pyridine rings is 2. The minimum absolute atomic E-state index is 0.101. The van der Waals surface area contributed by atoms with Crippen LogP contribution in [0.15, 0.2) is 97.2 Å². The summed E-state index contributed by atoms with van der Waals surface area (Å²) in [6.07, 6.45) is 2.19. The molecule has 0 radical (unpaired) electrons. The number of nitrogen functional groups attached to an aromatic ring is 1. The van der Waals surface area contributed by atoms with Gasteiger partial charge < -0.3 is 15.7 Å². The second-order valence-corrected chi connectivity index (χ2v) is 11.6. The Hall–Kier alpha value is -6.38. The van der Waals surface area contributed by atoms with Crippen LogP contribution >= 0.6 is 0 Å². The van der Waals surface area contributed by atoms with Crippen molar-refractivity contribution in [2.45, 2.75) is 20.4 Å². The molecule has 1 fully saturated rings. The van der Waals surface area contributed by atoms with Gasteiger partial charge in [-0.3, -0.25) is 19.1 Å². The van der Waals surface area contributed by atoms with Gasteiger partial charge in [0.25, 0.3) is 5.91 Å². The summed E-state index contributed by atoms with van der Waals surface area (Å²) in [4.78, 5) is 42.5. The number of imidazole rings is 1. The summed E-state index contributed by atoms with van der Waals surface area (Å²) in [5.41, 5.74) is 12.9. The maximum Gasteiger partial charge on any atom is 0.253 e. The van der Waals surface area contributed by atoms with Gasteiger partial charge in [-0.2, -0.15) is 5.26 Å². The molecule has 11 heteroatoms. The number of carbonyl (C=O) groups is 2. The first-order chi connectivity index (χ1) is 24.4. The number of piperazine rings is 1. The van der Waals surface area contributed by atoms with Crippen LogP contribution < -0.4 is 5.73 Å². The van der Waals surface area contributed by atoms with E-state index in [4.69, 9.17) is 15.7 Å². The molecule has 1 saturated heterocycles. The van der Waals surface area contributed by atoms with Crippen LogP contribution in [-0.4, -0.2) is 72.8 Å². The number of nitrogens with two attached hydrogens (primary N) is 1. The molecule has 4 heterocycles. The number of anilines is 1. The van der Waals surface area contributed by atoms with Crippen molar-refractivity contribution in [3.05, 3.63) is 119 Å². The molecular weight excluding hydrogens is 628 g/mol. The van der Waals surface area contributed by atoms with Crippen molar-refractivity contribution in [3.63, 3.8) is 0 Å². The van der Waals surface area contributed by atoms with Crippen LogP contribution in [-0.2, 0) is 6.54 Å². The average Bonchev–Trinajstić information content (AvgIpc) is 3.55. The van der Waals surface area contributed by atoms with Gasteiger partial charge in [-0.1, -0.05) is 38.1 Å². The largest absolute Gasteiger partial charge is 0.507 e. The Morgan fingerprint density at radius 2 is 1.72 bits per heavy atom. The Kier molecular flexibility index (Phi) is 9.92. The smallest absolute Gasteiger partial charge is 0.253 e. The van der Waals surface area contributed by atoms with Crippen LogP contribution in [0.4, 0.5) is 5.82 Å². The molecule has 3 N–H and O–H groups in total. The van der Waals surface area contributed by atoms with E-state index in [-0.39, 0.29) is 17.2 Å². The number of nitriles is 1. The number of carbonyl (C=O) groups excluding carboxylic acids is 2. The van der Waals surface area contributed by atoms with Crippen molar-refractivity contribution >= 4 is 29.2 Å². The molecular formula is C39H36N8O3. The molecule has 7 rings (SSSR count). The van der Waals surface area contributed by atoms with Crippen LogP contribution in [0.5, 0.6) is 5.75 Å². The van der Waals surface area contributed by atoms with Crippen molar-refractivity contribution < 1.29 is 14.7 Å². The lowest BCUT2D eigenvalue weighted by atomic mass is 10.1. The fraction of sp³-hybridized carbons (Fsp3) is 0.179. The van der Waals surface area contributed by atoms with Crippen molar-refractivity contribution in [2.75, 3.05) is 31.9 Å². The topological polar surface area (TPSA) is 154 Å². The molecule has 11 nitrogen and oxygen atoms in total. The van der Waals surface area contributed by atoms with Gasteiger partial charge in [0.05, 0.1) is 28.5 Å². The molecule has 0 bridgehead atoms. The van der Waals surface area contributed by atoms with Gasteiger partial charge in [0.2, 0.25) is 0 Å². The summed E-state index contributed by atoms with van der Waals surface area (Å²) in [7, 11) is 0. The van der Waals surface area contributed by atoms with E-state index in [1.807, 2.05) is 73.0 Å². The van der Waals surface area contributed by atoms with E-state index in [1.165, 1.54) is 12.1 Å². The first kappa shape index (κ1) is 33.5. The van der Waals surface area contributed by atoms with Gasteiger partial charge in [-0.15, -0.1) is 0 Å². The van der Waals surface area contributed by atoms with Crippen molar-refractivity contribution in [1.82, 2.24) is 29.3 Å². The number of hydrogen-bond donors (Lipinski definition) is 2. The van der Waals surface area contributed by atoms with E-state index < -0.39 is 0 Å². The zero-order valence-corrected chi connectivity index (χ0v) is 27.8. The molecule has 6 aromatic rings. The van der Waals surface area contributed by atoms with E-state index in [0.29, 0.717) is 78.5 Å². The summed E-state index contributed by atoms with van der Waals surface area (Å²) in [5, 5.41) is 19.2. The summed E-state index contributed by atoms with van der Waals surface area (Å²) < 4.78 is 1.98. The minimum atomic E-state index is -0.158. The van der Waals surface area contributed by atoms with Crippen molar-refractivity contribution in [1.29, 1.82) is 5.26 Å². The SMILES string of the molecule is CC.N#Cc1cccc(-c2ccc3nc(-c4cccnc4N)n(-c4ccc(CN5CCN(C(=O)c6ccc(O)c(C=O)c6)CC5)cc4)c3n2)c1. The lowest BCUT2D eigenvalue weighted by Gasteiger charge is -2.35. The molecule has 1 aliphatic rings. The summed E-state index contributed by atoms with van der Waals surface area (Å²) in [6.45, 7) is 7.21. The Bertz CT molecular complexity index is 2210. The summed E-state index contributed by atoms with van der Waals surface area (Å²) in [5.74, 6) is 0.682. The third kappa shape index (κ3) is 6.78. The first-order valence-electron chi connectivity index (χ1n) is 16.4. The molecule has 0 aliphatic carbocycles. The molecule has 0 saturated carbocycles. The molecule has 3 aromatic heterocycles. The maximum absolute atomic E-state index is 13.0. The second-order valence-electron chi connectivity index (χ2n) is 11.6. The molecule has 50 heavy (non-hydrogen) atoms. The Balaban J connectivity index is 0.00000212. The van der Waals surface area contributed by atoms with E-state index >= 15 is 0 Å². The van der Waals surface area contributed by atoms with Crippen LogP contribution in [0.3, 0.4) is 0 Å². The van der Waals surface area contributed by atoms with E-state index in [9.17, 15) is 20.0 Å². The number of aldehydes is 1. The highest BCUT2D eigenvalue weighted by molar-refractivity contribution is 5.96. The Morgan fingerprint density at radius 1 is 0.940 bits per heavy atom. The normalized spacial score (nSPS) is 12.9. The molecule has 3 aromatic carbocycles. The maximum atomic E-state index is 13.0. The fourth-order valence-corrected chi connectivity index (χ4v) is 5.98. The number of hydrogen-bond acceptors (Lipinski definition) is 9. The van der Waals surface area contributed by atoms with Crippen LogP contribution in [0.1, 0.15) is 45.7 Å². The quantitative estimate of drug-likeness (QED) is 0.193. The highest BCUT2D eigenvalue weighted by atomic mass is 16.3. The second kappa shape index (κ2) is 14.8.